The van der Waals surface area contributed by atoms with Crippen molar-refractivity contribution in [2.75, 3.05) is 18.7 Å². The van der Waals surface area contributed by atoms with Crippen LogP contribution < -0.4 is 20.1 Å². The average molecular weight is 367 g/mol. The van der Waals surface area contributed by atoms with E-state index >= 15 is 0 Å². The number of rotatable bonds is 4. The Balaban J connectivity index is 1.35. The van der Waals surface area contributed by atoms with Crippen LogP contribution in [-0.4, -0.2) is 36.2 Å². The number of fused-ring (bicyclic) bond motifs is 1. The van der Waals surface area contributed by atoms with Gasteiger partial charge >= 0.3 is 6.03 Å². The summed E-state index contributed by atoms with van der Waals surface area (Å²) in [4.78, 5) is 26.5. The molecular weight excluding hydrogens is 346 g/mol. The molecule has 2 aromatic carbocycles. The van der Waals surface area contributed by atoms with E-state index < -0.39 is 0 Å². The minimum Gasteiger partial charge on any atom is -0.454 e. The number of likely N-dealkylation sites (tertiary alicyclic amines) is 1. The minimum absolute atomic E-state index is 0.0255. The Bertz CT molecular complexity index is 856. The molecule has 7 heteroatoms. The first-order valence-corrected chi connectivity index (χ1v) is 8.92. The maximum Gasteiger partial charge on any atom is 0.319 e. The zero-order valence-corrected chi connectivity index (χ0v) is 15.0. The van der Waals surface area contributed by atoms with E-state index in [0.717, 1.165) is 5.56 Å². The normalized spacial score (nSPS) is 19.1. The molecule has 2 aromatic rings. The quantitative estimate of drug-likeness (QED) is 0.871. The van der Waals surface area contributed by atoms with Crippen molar-refractivity contribution in [1.82, 2.24) is 10.2 Å². The van der Waals surface area contributed by atoms with Gasteiger partial charge in [-0.1, -0.05) is 30.3 Å². The molecule has 2 N–H and O–H groups in total. The van der Waals surface area contributed by atoms with Crippen molar-refractivity contribution >= 4 is 17.6 Å². The molecule has 2 heterocycles. The zero-order valence-electron chi connectivity index (χ0n) is 15.0. The van der Waals surface area contributed by atoms with Crippen molar-refractivity contribution in [3.63, 3.8) is 0 Å². The molecule has 2 unspecified atom stereocenters. The van der Waals surface area contributed by atoms with Crippen LogP contribution in [0.2, 0.25) is 0 Å². The molecule has 0 bridgehead atoms. The smallest absolute Gasteiger partial charge is 0.319 e. The molecule has 140 valence electrons. The van der Waals surface area contributed by atoms with Crippen molar-refractivity contribution in [3.8, 4) is 11.5 Å². The van der Waals surface area contributed by atoms with Crippen LogP contribution in [-0.2, 0) is 4.79 Å². The second-order valence-electron chi connectivity index (χ2n) is 6.70. The first-order chi connectivity index (χ1) is 13.1. The molecule has 2 aliphatic rings. The minimum atomic E-state index is -0.346. The van der Waals surface area contributed by atoms with Crippen molar-refractivity contribution < 1.29 is 19.1 Å². The SMILES string of the molecule is CC(c1ccccc1)N1CC(NC(=O)Nc2ccc3c(c2)OCO3)CC1=O. The van der Waals surface area contributed by atoms with Crippen LogP contribution in [0.15, 0.2) is 48.5 Å². The van der Waals surface area contributed by atoms with Gasteiger partial charge in [0.05, 0.1) is 12.1 Å². The molecule has 0 aliphatic carbocycles. The van der Waals surface area contributed by atoms with Gasteiger partial charge in [-0.25, -0.2) is 4.79 Å². The standard InChI is InChI=1S/C20H21N3O4/c1-13(14-5-3-2-4-6-14)23-11-16(10-19(23)24)22-20(25)21-15-7-8-17-18(9-15)27-12-26-17/h2-9,13,16H,10-12H2,1H3,(H2,21,22,25). The lowest BCUT2D eigenvalue weighted by molar-refractivity contribution is -0.129. The van der Waals surface area contributed by atoms with Gasteiger partial charge in [0.15, 0.2) is 11.5 Å². The number of urea groups is 1. The maximum absolute atomic E-state index is 12.4. The summed E-state index contributed by atoms with van der Waals surface area (Å²) in [7, 11) is 0. The molecule has 7 nitrogen and oxygen atoms in total. The fourth-order valence-electron chi connectivity index (χ4n) is 3.44. The maximum atomic E-state index is 12.4. The van der Waals surface area contributed by atoms with Gasteiger partial charge < -0.3 is 25.0 Å². The lowest BCUT2D eigenvalue weighted by atomic mass is 10.1. The number of amides is 3. The highest BCUT2D eigenvalue weighted by Gasteiger charge is 2.34. The Morgan fingerprint density at radius 3 is 2.74 bits per heavy atom. The lowest BCUT2D eigenvalue weighted by Crippen LogP contribution is -2.40. The van der Waals surface area contributed by atoms with E-state index in [2.05, 4.69) is 10.6 Å². The summed E-state index contributed by atoms with van der Waals surface area (Å²) < 4.78 is 10.6. The predicted molar refractivity (Wildman–Crippen MR) is 99.7 cm³/mol. The molecule has 4 rings (SSSR count). The number of nitrogens with zero attached hydrogens (tertiary/aromatic N) is 1. The van der Waals surface area contributed by atoms with Crippen molar-refractivity contribution in [2.24, 2.45) is 0 Å². The number of carbonyl (C=O) groups is 2. The Labute approximate surface area is 157 Å². The first-order valence-electron chi connectivity index (χ1n) is 8.92. The molecular formula is C20H21N3O4. The summed E-state index contributed by atoms with van der Waals surface area (Å²) in [5.41, 5.74) is 1.69. The van der Waals surface area contributed by atoms with E-state index in [4.69, 9.17) is 9.47 Å². The second-order valence-corrected chi connectivity index (χ2v) is 6.70. The molecule has 0 radical (unpaired) electrons. The number of benzene rings is 2. The molecule has 1 fully saturated rings. The molecule has 0 saturated carbocycles. The summed E-state index contributed by atoms with van der Waals surface area (Å²) >= 11 is 0. The average Bonchev–Trinajstić information content (AvgIpc) is 3.27. The highest BCUT2D eigenvalue weighted by molar-refractivity contribution is 5.91. The number of hydrogen-bond donors (Lipinski definition) is 2. The van der Waals surface area contributed by atoms with E-state index in [1.807, 2.05) is 37.3 Å². The van der Waals surface area contributed by atoms with Crippen LogP contribution in [0.3, 0.4) is 0 Å². The number of ether oxygens (including phenoxy) is 2. The van der Waals surface area contributed by atoms with Gasteiger partial charge in [0.1, 0.15) is 0 Å². The second kappa shape index (κ2) is 7.19. The van der Waals surface area contributed by atoms with Crippen LogP contribution in [0.5, 0.6) is 11.5 Å². The summed E-state index contributed by atoms with van der Waals surface area (Å²) in [6, 6.07) is 14.5. The summed E-state index contributed by atoms with van der Waals surface area (Å²) in [5, 5.41) is 5.65. The van der Waals surface area contributed by atoms with E-state index in [0.29, 0.717) is 30.2 Å². The van der Waals surface area contributed by atoms with Gasteiger partial charge in [0.25, 0.3) is 0 Å². The van der Waals surface area contributed by atoms with Crippen LogP contribution in [0.25, 0.3) is 0 Å². The highest BCUT2D eigenvalue weighted by Crippen LogP contribution is 2.34. The van der Waals surface area contributed by atoms with Crippen LogP contribution in [0.4, 0.5) is 10.5 Å². The topological polar surface area (TPSA) is 79.9 Å². The summed E-state index contributed by atoms with van der Waals surface area (Å²) in [5.74, 6) is 1.30. The van der Waals surface area contributed by atoms with Gasteiger partial charge in [-0.3, -0.25) is 4.79 Å². The number of hydrogen-bond acceptors (Lipinski definition) is 4. The molecule has 3 amide bonds. The third-order valence-electron chi connectivity index (χ3n) is 4.87. The largest absolute Gasteiger partial charge is 0.454 e. The molecule has 0 spiro atoms. The zero-order chi connectivity index (χ0) is 18.8. The third-order valence-corrected chi connectivity index (χ3v) is 4.87. The van der Waals surface area contributed by atoms with Crippen LogP contribution in [0.1, 0.15) is 24.9 Å². The molecule has 2 aliphatic heterocycles. The van der Waals surface area contributed by atoms with Gasteiger partial charge in [-0.05, 0) is 24.6 Å². The predicted octanol–water partition coefficient (Wildman–Crippen LogP) is 2.90. The Morgan fingerprint density at radius 2 is 1.93 bits per heavy atom. The van der Waals surface area contributed by atoms with Crippen molar-refractivity contribution in [3.05, 3.63) is 54.1 Å². The lowest BCUT2D eigenvalue weighted by Gasteiger charge is -2.25. The highest BCUT2D eigenvalue weighted by atomic mass is 16.7. The molecule has 2 atom stereocenters. The molecule has 1 saturated heterocycles. The van der Waals surface area contributed by atoms with Crippen LogP contribution >= 0.6 is 0 Å². The fraction of sp³-hybridized carbons (Fsp3) is 0.300. The van der Waals surface area contributed by atoms with E-state index in [1.54, 1.807) is 23.1 Å². The molecule has 27 heavy (non-hydrogen) atoms. The van der Waals surface area contributed by atoms with Crippen molar-refractivity contribution in [1.29, 1.82) is 0 Å². The number of anilines is 1. The summed E-state index contributed by atoms with van der Waals surface area (Å²) in [6.45, 7) is 2.68. The third kappa shape index (κ3) is 3.67. The van der Waals surface area contributed by atoms with Crippen molar-refractivity contribution in [2.45, 2.75) is 25.4 Å². The van der Waals surface area contributed by atoms with E-state index in [-0.39, 0.29) is 30.8 Å². The fourth-order valence-corrected chi connectivity index (χ4v) is 3.44. The van der Waals surface area contributed by atoms with Gasteiger partial charge in [-0.2, -0.15) is 0 Å². The van der Waals surface area contributed by atoms with E-state index in [9.17, 15) is 9.59 Å². The summed E-state index contributed by atoms with van der Waals surface area (Å²) in [6.07, 6.45) is 0.297. The number of nitrogens with one attached hydrogen (secondary N) is 2. The Kier molecular flexibility index (Phi) is 4.58. The van der Waals surface area contributed by atoms with Gasteiger partial charge in [0, 0.05) is 24.7 Å². The monoisotopic (exact) mass is 367 g/mol. The van der Waals surface area contributed by atoms with E-state index in [1.165, 1.54) is 0 Å². The first kappa shape index (κ1) is 17.2. The van der Waals surface area contributed by atoms with Gasteiger partial charge in [0.2, 0.25) is 12.7 Å². The molecule has 0 aromatic heterocycles. The Hall–Kier alpha value is -3.22. The Morgan fingerprint density at radius 1 is 1.15 bits per heavy atom. The van der Waals surface area contributed by atoms with Crippen LogP contribution in [0, 0.1) is 0 Å². The number of carbonyl (C=O) groups excluding carboxylic acids is 2. The van der Waals surface area contributed by atoms with Gasteiger partial charge in [-0.15, -0.1) is 0 Å².